The van der Waals surface area contributed by atoms with Crippen LogP contribution in [0.5, 0.6) is 0 Å². The molecule has 1 aromatic carbocycles. The van der Waals surface area contributed by atoms with Crippen LogP contribution in [0.1, 0.15) is 30.9 Å². The van der Waals surface area contributed by atoms with Crippen LogP contribution in [-0.4, -0.2) is 36.7 Å². The average molecular weight is 307 g/mol. The number of methoxy groups -OCH3 is 1. The van der Waals surface area contributed by atoms with E-state index in [0.29, 0.717) is 19.3 Å². The molecule has 2 atom stereocenters. The van der Waals surface area contributed by atoms with Gasteiger partial charge >= 0.3 is 5.97 Å². The topological polar surface area (TPSA) is 75.6 Å². The van der Waals surface area contributed by atoms with Crippen LogP contribution in [0, 0.1) is 12.8 Å². The van der Waals surface area contributed by atoms with Crippen molar-refractivity contribution in [1.29, 1.82) is 0 Å². The highest BCUT2D eigenvalue weighted by Crippen LogP contribution is 2.11. The molecule has 0 aliphatic rings. The van der Waals surface area contributed by atoms with Gasteiger partial charge in [0.15, 0.2) is 0 Å². The molecule has 0 fully saturated rings. The average Bonchev–Trinajstić information content (AvgIpc) is 2.48. The highest BCUT2D eigenvalue weighted by molar-refractivity contribution is 5.77. The van der Waals surface area contributed by atoms with E-state index < -0.39 is 11.9 Å². The number of aryl methyl sites for hydroxylation is 1. The Labute approximate surface area is 131 Å². The first-order valence-electron chi connectivity index (χ1n) is 7.50. The molecule has 0 aliphatic heterocycles. The van der Waals surface area contributed by atoms with Gasteiger partial charge in [-0.05, 0) is 32.3 Å². The summed E-state index contributed by atoms with van der Waals surface area (Å²) < 4.78 is 5.08. The zero-order valence-electron chi connectivity index (χ0n) is 13.5. The number of amides is 1. The Morgan fingerprint density at radius 1 is 1.36 bits per heavy atom. The van der Waals surface area contributed by atoms with Crippen molar-refractivity contribution in [3.8, 4) is 0 Å². The maximum absolute atomic E-state index is 11.7. The molecule has 1 rings (SSSR count). The summed E-state index contributed by atoms with van der Waals surface area (Å²) in [4.78, 5) is 23.1. The van der Waals surface area contributed by atoms with Crippen LogP contribution < -0.4 is 5.32 Å². The Morgan fingerprint density at radius 2 is 2.09 bits per heavy atom. The summed E-state index contributed by atoms with van der Waals surface area (Å²) in [6.45, 7) is 4.01. The van der Waals surface area contributed by atoms with Gasteiger partial charge < -0.3 is 15.2 Å². The predicted molar refractivity (Wildman–Crippen MR) is 84.7 cm³/mol. The van der Waals surface area contributed by atoms with Crippen LogP contribution in [0.2, 0.25) is 0 Å². The maximum Gasteiger partial charge on any atom is 0.308 e. The Kier molecular flexibility index (Phi) is 7.60. The Balaban J connectivity index is 2.48. The number of carboxylic acid groups (broad SMARTS) is 1. The van der Waals surface area contributed by atoms with Crippen molar-refractivity contribution in [3.63, 3.8) is 0 Å². The lowest BCUT2D eigenvalue weighted by atomic mass is 9.98. The third-order valence-corrected chi connectivity index (χ3v) is 3.64. The second kappa shape index (κ2) is 9.20. The number of nitrogens with one attached hydrogen (secondary N) is 1. The highest BCUT2D eigenvalue weighted by atomic mass is 16.5. The van der Waals surface area contributed by atoms with Crippen molar-refractivity contribution in [2.24, 2.45) is 5.92 Å². The fourth-order valence-corrected chi connectivity index (χ4v) is 2.15. The lowest BCUT2D eigenvalue weighted by molar-refractivity contribution is -0.141. The van der Waals surface area contributed by atoms with E-state index in [-0.39, 0.29) is 18.6 Å². The molecular weight excluding hydrogens is 282 g/mol. The van der Waals surface area contributed by atoms with Crippen LogP contribution in [0.15, 0.2) is 24.3 Å². The van der Waals surface area contributed by atoms with Crippen molar-refractivity contribution in [2.45, 2.75) is 39.2 Å². The van der Waals surface area contributed by atoms with E-state index >= 15 is 0 Å². The summed E-state index contributed by atoms with van der Waals surface area (Å²) in [5.41, 5.74) is 2.06. The summed E-state index contributed by atoms with van der Waals surface area (Å²) in [5, 5.41) is 12.0. The minimum atomic E-state index is -0.896. The molecule has 5 heteroatoms. The molecule has 22 heavy (non-hydrogen) atoms. The number of carbonyl (C=O) groups is 2. The number of benzene rings is 1. The molecule has 0 radical (unpaired) electrons. The van der Waals surface area contributed by atoms with Crippen molar-refractivity contribution < 1.29 is 19.4 Å². The van der Waals surface area contributed by atoms with E-state index in [1.165, 1.54) is 0 Å². The van der Waals surface area contributed by atoms with Crippen molar-refractivity contribution in [1.82, 2.24) is 5.32 Å². The molecule has 1 amide bonds. The van der Waals surface area contributed by atoms with E-state index in [9.17, 15) is 14.7 Å². The lowest BCUT2D eigenvalue weighted by Crippen LogP contribution is -2.34. The molecule has 5 nitrogen and oxygen atoms in total. The van der Waals surface area contributed by atoms with Gasteiger partial charge in [-0.3, -0.25) is 9.59 Å². The normalized spacial score (nSPS) is 13.4. The van der Waals surface area contributed by atoms with Gasteiger partial charge in [0.25, 0.3) is 0 Å². The first-order valence-corrected chi connectivity index (χ1v) is 7.50. The minimum Gasteiger partial charge on any atom is -0.481 e. The Bertz CT molecular complexity index is 501. The predicted octanol–water partition coefficient (Wildman–Crippen LogP) is 2.17. The molecule has 0 saturated heterocycles. The van der Waals surface area contributed by atoms with Gasteiger partial charge in [-0.25, -0.2) is 0 Å². The first kappa shape index (κ1) is 18.2. The molecule has 2 unspecified atom stereocenters. The Morgan fingerprint density at radius 3 is 2.68 bits per heavy atom. The van der Waals surface area contributed by atoms with Gasteiger partial charge in [0, 0.05) is 20.1 Å². The zero-order valence-corrected chi connectivity index (χ0v) is 13.5. The van der Waals surface area contributed by atoms with Crippen LogP contribution >= 0.6 is 0 Å². The standard InChI is InChI=1S/C17H25NO4/c1-12-5-4-6-14(9-12)10-15(17(20)21)11-18-16(19)8-7-13(2)22-3/h4-6,9,13,15H,7-8,10-11H2,1-3H3,(H,18,19)(H,20,21). The molecular formula is C17H25NO4. The minimum absolute atomic E-state index is 0.0216. The molecule has 0 saturated carbocycles. The van der Waals surface area contributed by atoms with Crippen molar-refractivity contribution >= 4 is 11.9 Å². The molecule has 0 aliphatic carbocycles. The summed E-state index contributed by atoms with van der Waals surface area (Å²) in [6, 6.07) is 7.76. The number of aliphatic carboxylic acids is 1. The number of ether oxygens (including phenoxy) is 1. The monoisotopic (exact) mass is 307 g/mol. The number of rotatable bonds is 9. The number of carboxylic acids is 1. The van der Waals surface area contributed by atoms with Gasteiger partial charge in [0.2, 0.25) is 5.91 Å². The number of hydrogen-bond donors (Lipinski definition) is 2. The highest BCUT2D eigenvalue weighted by Gasteiger charge is 2.19. The van der Waals surface area contributed by atoms with Crippen LogP contribution in [-0.2, 0) is 20.7 Å². The van der Waals surface area contributed by atoms with Crippen LogP contribution in [0.25, 0.3) is 0 Å². The van der Waals surface area contributed by atoms with E-state index in [0.717, 1.165) is 11.1 Å². The zero-order chi connectivity index (χ0) is 16.5. The van der Waals surface area contributed by atoms with E-state index in [4.69, 9.17) is 4.74 Å². The van der Waals surface area contributed by atoms with Crippen molar-refractivity contribution in [3.05, 3.63) is 35.4 Å². The first-order chi connectivity index (χ1) is 10.4. The van der Waals surface area contributed by atoms with E-state index in [2.05, 4.69) is 5.32 Å². The molecule has 0 bridgehead atoms. The van der Waals surface area contributed by atoms with Gasteiger partial charge in [-0.1, -0.05) is 29.8 Å². The van der Waals surface area contributed by atoms with Crippen LogP contribution in [0.4, 0.5) is 0 Å². The number of hydrogen-bond acceptors (Lipinski definition) is 3. The number of carbonyl (C=O) groups excluding carboxylic acids is 1. The molecule has 0 aromatic heterocycles. The van der Waals surface area contributed by atoms with Gasteiger partial charge in [0.05, 0.1) is 12.0 Å². The Hall–Kier alpha value is -1.88. The summed E-state index contributed by atoms with van der Waals surface area (Å²) >= 11 is 0. The second-order valence-corrected chi connectivity index (χ2v) is 5.62. The molecule has 0 spiro atoms. The summed E-state index contributed by atoms with van der Waals surface area (Å²) in [7, 11) is 1.60. The van der Waals surface area contributed by atoms with Gasteiger partial charge in [-0.15, -0.1) is 0 Å². The third-order valence-electron chi connectivity index (χ3n) is 3.64. The summed E-state index contributed by atoms with van der Waals surface area (Å²) in [5.74, 6) is -1.66. The van der Waals surface area contributed by atoms with E-state index in [1.807, 2.05) is 38.1 Å². The fraction of sp³-hybridized carbons (Fsp3) is 0.529. The SMILES string of the molecule is COC(C)CCC(=O)NCC(Cc1cccc(C)c1)C(=O)O. The molecule has 122 valence electrons. The molecule has 0 heterocycles. The van der Waals surface area contributed by atoms with Gasteiger partial charge in [-0.2, -0.15) is 0 Å². The van der Waals surface area contributed by atoms with Gasteiger partial charge in [0.1, 0.15) is 0 Å². The summed E-state index contributed by atoms with van der Waals surface area (Å²) in [6.07, 6.45) is 1.39. The second-order valence-electron chi connectivity index (χ2n) is 5.62. The molecule has 1 aromatic rings. The van der Waals surface area contributed by atoms with Crippen molar-refractivity contribution in [2.75, 3.05) is 13.7 Å². The largest absolute Gasteiger partial charge is 0.481 e. The smallest absolute Gasteiger partial charge is 0.308 e. The van der Waals surface area contributed by atoms with E-state index in [1.54, 1.807) is 7.11 Å². The quantitative estimate of drug-likeness (QED) is 0.733. The molecule has 2 N–H and O–H groups in total. The lowest BCUT2D eigenvalue weighted by Gasteiger charge is -2.14. The third kappa shape index (κ3) is 6.72. The fourth-order valence-electron chi connectivity index (χ4n) is 2.15. The maximum atomic E-state index is 11.7. The van der Waals surface area contributed by atoms with Crippen LogP contribution in [0.3, 0.4) is 0 Å².